The lowest BCUT2D eigenvalue weighted by molar-refractivity contribution is -0.120. The van der Waals surface area contributed by atoms with E-state index in [9.17, 15) is 19.2 Å². The summed E-state index contributed by atoms with van der Waals surface area (Å²) in [5, 5.41) is 3.08. The van der Waals surface area contributed by atoms with Crippen LogP contribution in [0.25, 0.3) is 0 Å². The number of anilines is 2. The van der Waals surface area contributed by atoms with Crippen LogP contribution in [-0.2, 0) is 19.1 Å². The minimum atomic E-state index is -0.538. The van der Waals surface area contributed by atoms with Gasteiger partial charge in [0, 0.05) is 10.6 Å². The number of esters is 2. The van der Waals surface area contributed by atoms with Gasteiger partial charge in [-0.1, -0.05) is 36.4 Å². The molecular weight excluding hydrogens is 528 g/mol. The van der Waals surface area contributed by atoms with Crippen molar-refractivity contribution in [1.29, 1.82) is 0 Å². The summed E-state index contributed by atoms with van der Waals surface area (Å²) in [6.45, 7) is 7.73. The van der Waals surface area contributed by atoms with E-state index in [0.717, 1.165) is 21.8 Å². The second kappa shape index (κ2) is 12.7. The van der Waals surface area contributed by atoms with Gasteiger partial charge in [-0.05, 0) is 87.9 Å². The van der Waals surface area contributed by atoms with Gasteiger partial charge in [-0.3, -0.25) is 9.59 Å². The molecule has 8 nitrogen and oxygen atoms in total. The van der Waals surface area contributed by atoms with Crippen molar-refractivity contribution in [2.75, 3.05) is 16.8 Å². The smallest absolute Gasteiger partial charge is 0.338 e. The van der Waals surface area contributed by atoms with E-state index in [1.54, 1.807) is 50.2 Å². The van der Waals surface area contributed by atoms with Crippen molar-refractivity contribution in [2.24, 2.45) is 0 Å². The maximum Gasteiger partial charge on any atom is 0.338 e. The number of nitrogens with zero attached hydrogens (tertiary/aromatic N) is 1. The van der Waals surface area contributed by atoms with Gasteiger partial charge in [-0.25, -0.2) is 14.5 Å². The van der Waals surface area contributed by atoms with Crippen LogP contribution in [0.5, 0.6) is 0 Å². The first-order chi connectivity index (χ1) is 19.2. The number of hydrogen-bond donors (Lipinski definition) is 1. The summed E-state index contributed by atoms with van der Waals surface area (Å²) in [5.74, 6) is -1.94. The molecule has 0 unspecified atom stereocenters. The van der Waals surface area contributed by atoms with E-state index >= 15 is 0 Å². The molecule has 0 bridgehead atoms. The molecule has 3 aromatic carbocycles. The maximum atomic E-state index is 13.6. The molecule has 206 valence electrons. The van der Waals surface area contributed by atoms with E-state index < -0.39 is 23.8 Å². The van der Waals surface area contributed by atoms with Crippen LogP contribution >= 0.6 is 11.8 Å². The standard InChI is InChI=1S/C31H30N2O6S/c1-5-18-38-30(36)21-8-12-23(13-9-21)32-26-27(40-25-16-6-20(4)7-17-25)29(35)33(28(26)34)24-14-10-22(11-15-24)31(37)39-19(2)3/h6-17,19,32H,5,18H2,1-4H3. The Labute approximate surface area is 237 Å². The molecule has 0 saturated heterocycles. The highest BCUT2D eigenvalue weighted by Crippen LogP contribution is 2.38. The Hall–Kier alpha value is -4.37. The summed E-state index contributed by atoms with van der Waals surface area (Å²) >= 11 is 1.19. The molecule has 0 spiro atoms. The molecule has 40 heavy (non-hydrogen) atoms. The molecule has 1 heterocycles. The minimum absolute atomic E-state index is 0.111. The highest BCUT2D eigenvalue weighted by atomic mass is 32.2. The van der Waals surface area contributed by atoms with E-state index in [4.69, 9.17) is 9.47 Å². The van der Waals surface area contributed by atoms with Crippen molar-refractivity contribution >= 4 is 46.9 Å². The fourth-order valence-corrected chi connectivity index (χ4v) is 4.74. The van der Waals surface area contributed by atoms with E-state index in [2.05, 4.69) is 5.32 Å². The van der Waals surface area contributed by atoms with Gasteiger partial charge >= 0.3 is 11.9 Å². The van der Waals surface area contributed by atoms with Gasteiger partial charge in [-0.15, -0.1) is 0 Å². The second-order valence-electron chi connectivity index (χ2n) is 9.40. The van der Waals surface area contributed by atoms with Gasteiger partial charge in [0.05, 0.1) is 29.5 Å². The van der Waals surface area contributed by atoms with Crippen LogP contribution in [0.4, 0.5) is 11.4 Å². The zero-order valence-corrected chi connectivity index (χ0v) is 23.5. The molecule has 0 fully saturated rings. The molecule has 9 heteroatoms. The van der Waals surface area contributed by atoms with Crippen molar-refractivity contribution in [3.05, 3.63) is 100 Å². The Bertz CT molecular complexity index is 1440. The Morgan fingerprint density at radius 2 is 1.45 bits per heavy atom. The average Bonchev–Trinajstić information content (AvgIpc) is 3.16. The third-order valence-corrected chi connectivity index (χ3v) is 6.90. The molecule has 4 rings (SSSR count). The Balaban J connectivity index is 1.63. The van der Waals surface area contributed by atoms with E-state index in [0.29, 0.717) is 29.1 Å². The molecule has 0 saturated carbocycles. The zero-order valence-electron chi connectivity index (χ0n) is 22.7. The van der Waals surface area contributed by atoms with Crippen molar-refractivity contribution in [2.45, 2.75) is 45.1 Å². The van der Waals surface area contributed by atoms with Crippen molar-refractivity contribution in [3.63, 3.8) is 0 Å². The highest BCUT2D eigenvalue weighted by molar-refractivity contribution is 8.04. The molecule has 1 N–H and O–H groups in total. The van der Waals surface area contributed by atoms with Crippen LogP contribution in [0.3, 0.4) is 0 Å². The Morgan fingerprint density at radius 3 is 2.05 bits per heavy atom. The maximum absolute atomic E-state index is 13.6. The first-order valence-corrected chi connectivity index (χ1v) is 13.7. The molecule has 0 aliphatic carbocycles. The summed E-state index contributed by atoms with van der Waals surface area (Å²) in [6, 6.07) is 20.3. The normalized spacial score (nSPS) is 13.2. The van der Waals surface area contributed by atoms with Gasteiger partial charge in [0.25, 0.3) is 11.8 Å². The van der Waals surface area contributed by atoms with Crippen LogP contribution in [0.15, 0.2) is 88.3 Å². The summed E-state index contributed by atoms with van der Waals surface area (Å²) in [7, 11) is 0. The SMILES string of the molecule is CCCOC(=O)c1ccc(NC2=C(Sc3ccc(C)cc3)C(=O)N(c3ccc(C(=O)OC(C)C)cc3)C2=O)cc1. The largest absolute Gasteiger partial charge is 0.462 e. The predicted octanol–water partition coefficient (Wildman–Crippen LogP) is 6.12. The van der Waals surface area contributed by atoms with Gasteiger partial charge in [-0.2, -0.15) is 0 Å². The third-order valence-electron chi connectivity index (χ3n) is 5.81. The van der Waals surface area contributed by atoms with E-state index in [1.165, 1.54) is 23.9 Å². The van der Waals surface area contributed by atoms with E-state index in [1.807, 2.05) is 38.1 Å². The van der Waals surface area contributed by atoms with Crippen LogP contribution in [-0.4, -0.2) is 36.5 Å². The molecule has 0 atom stereocenters. The first kappa shape index (κ1) is 28.6. The lowest BCUT2D eigenvalue weighted by Crippen LogP contribution is -2.32. The average molecular weight is 559 g/mol. The number of imide groups is 1. The summed E-state index contributed by atoms with van der Waals surface area (Å²) in [6.07, 6.45) is 0.447. The first-order valence-electron chi connectivity index (χ1n) is 12.9. The van der Waals surface area contributed by atoms with Gasteiger partial charge in [0.15, 0.2) is 0 Å². The summed E-state index contributed by atoms with van der Waals surface area (Å²) < 4.78 is 10.4. The lowest BCUT2D eigenvalue weighted by Gasteiger charge is -2.16. The van der Waals surface area contributed by atoms with Gasteiger partial charge in [0.1, 0.15) is 10.6 Å². The summed E-state index contributed by atoms with van der Waals surface area (Å²) in [4.78, 5) is 53.8. The molecule has 2 amide bonds. The molecule has 1 aliphatic heterocycles. The second-order valence-corrected chi connectivity index (χ2v) is 10.5. The van der Waals surface area contributed by atoms with E-state index in [-0.39, 0.29) is 16.7 Å². The number of amides is 2. The highest BCUT2D eigenvalue weighted by Gasteiger charge is 2.40. The Morgan fingerprint density at radius 1 is 0.850 bits per heavy atom. The lowest BCUT2D eigenvalue weighted by atomic mass is 10.2. The number of hydrogen-bond acceptors (Lipinski definition) is 8. The number of benzene rings is 3. The van der Waals surface area contributed by atoms with Crippen LogP contribution in [0, 0.1) is 6.92 Å². The van der Waals surface area contributed by atoms with Crippen molar-refractivity contribution in [1.82, 2.24) is 0 Å². The summed E-state index contributed by atoms with van der Waals surface area (Å²) in [5.41, 5.74) is 2.73. The predicted molar refractivity (Wildman–Crippen MR) is 154 cm³/mol. The van der Waals surface area contributed by atoms with Crippen LogP contribution in [0.2, 0.25) is 0 Å². The monoisotopic (exact) mass is 558 g/mol. The number of thioether (sulfide) groups is 1. The third kappa shape index (κ3) is 6.60. The number of rotatable bonds is 10. The quantitative estimate of drug-likeness (QED) is 0.235. The van der Waals surface area contributed by atoms with Crippen LogP contribution in [0.1, 0.15) is 53.5 Å². The molecule has 0 radical (unpaired) electrons. The molecule has 1 aliphatic rings. The van der Waals surface area contributed by atoms with Crippen LogP contribution < -0.4 is 10.2 Å². The molecular formula is C31H30N2O6S. The topological polar surface area (TPSA) is 102 Å². The number of ether oxygens (including phenoxy) is 2. The molecule has 0 aromatic heterocycles. The van der Waals surface area contributed by atoms with Gasteiger partial charge < -0.3 is 14.8 Å². The number of carbonyl (C=O) groups is 4. The zero-order chi connectivity index (χ0) is 28.8. The van der Waals surface area contributed by atoms with Crippen molar-refractivity contribution in [3.8, 4) is 0 Å². The number of nitrogens with one attached hydrogen (secondary N) is 1. The van der Waals surface area contributed by atoms with Gasteiger partial charge in [0.2, 0.25) is 0 Å². The number of carbonyl (C=O) groups excluding carboxylic acids is 4. The minimum Gasteiger partial charge on any atom is -0.462 e. The Kier molecular flexibility index (Phi) is 9.06. The van der Waals surface area contributed by atoms with Crippen molar-refractivity contribution < 1.29 is 28.7 Å². The number of aryl methyl sites for hydroxylation is 1. The fourth-order valence-electron chi connectivity index (χ4n) is 3.81. The fraction of sp³-hybridized carbons (Fsp3) is 0.226. The molecule has 3 aromatic rings.